The monoisotopic (exact) mass is 243 g/mol. The topological polar surface area (TPSA) is 57.0 Å². The predicted molar refractivity (Wildman–Crippen MR) is 66.0 cm³/mol. The van der Waals surface area contributed by atoms with E-state index in [9.17, 15) is 4.79 Å². The molecule has 5 heteroatoms. The van der Waals surface area contributed by atoms with Gasteiger partial charge in [-0.2, -0.15) is 5.26 Å². The number of hydrogen-bond donors (Lipinski definition) is 0. The van der Waals surface area contributed by atoms with Crippen LogP contribution in [0, 0.1) is 11.3 Å². The molecule has 4 nitrogen and oxygen atoms in total. The molecule has 2 aromatic rings. The predicted octanol–water partition coefficient (Wildman–Crippen LogP) is 2.29. The average Bonchev–Trinajstić information content (AvgIpc) is 2.91. The van der Waals surface area contributed by atoms with Crippen LogP contribution in [0.25, 0.3) is 0 Å². The molecule has 0 saturated heterocycles. The summed E-state index contributed by atoms with van der Waals surface area (Å²) in [4.78, 5) is 17.6. The van der Waals surface area contributed by atoms with E-state index in [2.05, 4.69) is 4.98 Å². The fraction of sp³-hybridized carbons (Fsp3) is 0.0833. The first kappa shape index (κ1) is 11.3. The summed E-state index contributed by atoms with van der Waals surface area (Å²) in [6.07, 6.45) is 1.47. The van der Waals surface area contributed by atoms with Crippen molar-refractivity contribution in [3.8, 4) is 6.07 Å². The molecule has 2 heterocycles. The molecule has 0 aromatic carbocycles. The second kappa shape index (κ2) is 4.76. The second-order valence-electron chi connectivity index (χ2n) is 3.36. The SMILES string of the molecule is CN(C(=O)c1cc(C#N)ccn1)c1cccs1. The van der Waals surface area contributed by atoms with Gasteiger partial charge in [-0.3, -0.25) is 9.78 Å². The molecule has 1 amide bonds. The molecule has 0 aliphatic rings. The number of hydrogen-bond acceptors (Lipinski definition) is 4. The lowest BCUT2D eigenvalue weighted by Gasteiger charge is -2.14. The zero-order valence-corrected chi connectivity index (χ0v) is 9.94. The van der Waals surface area contributed by atoms with Crippen LogP contribution in [-0.4, -0.2) is 17.9 Å². The van der Waals surface area contributed by atoms with Gasteiger partial charge in [0, 0.05) is 13.2 Å². The summed E-state index contributed by atoms with van der Waals surface area (Å²) in [5.74, 6) is -0.218. The van der Waals surface area contributed by atoms with E-state index in [0.717, 1.165) is 5.00 Å². The summed E-state index contributed by atoms with van der Waals surface area (Å²) in [6, 6.07) is 8.79. The lowest BCUT2D eigenvalue weighted by Crippen LogP contribution is -2.26. The molecule has 0 N–H and O–H groups in total. The van der Waals surface area contributed by atoms with Gasteiger partial charge in [-0.05, 0) is 29.6 Å². The van der Waals surface area contributed by atoms with Gasteiger partial charge in [0.1, 0.15) is 5.69 Å². The Labute approximate surface area is 103 Å². The number of nitrogens with zero attached hydrogens (tertiary/aromatic N) is 3. The summed E-state index contributed by atoms with van der Waals surface area (Å²) in [7, 11) is 1.69. The van der Waals surface area contributed by atoms with Crippen LogP contribution in [0.2, 0.25) is 0 Å². The summed E-state index contributed by atoms with van der Waals surface area (Å²) < 4.78 is 0. The zero-order valence-electron chi connectivity index (χ0n) is 9.12. The Balaban J connectivity index is 2.28. The average molecular weight is 243 g/mol. The normalized spacial score (nSPS) is 9.65. The maximum atomic E-state index is 12.1. The minimum absolute atomic E-state index is 0.218. The lowest BCUT2D eigenvalue weighted by molar-refractivity contribution is 0.0989. The number of anilines is 1. The fourth-order valence-corrected chi connectivity index (χ4v) is 2.04. The van der Waals surface area contributed by atoms with E-state index in [1.54, 1.807) is 13.1 Å². The van der Waals surface area contributed by atoms with Crippen molar-refractivity contribution in [2.45, 2.75) is 0 Å². The van der Waals surface area contributed by atoms with Crippen molar-refractivity contribution in [3.63, 3.8) is 0 Å². The van der Waals surface area contributed by atoms with Gasteiger partial charge in [0.05, 0.1) is 16.6 Å². The van der Waals surface area contributed by atoms with Crippen molar-refractivity contribution in [2.75, 3.05) is 11.9 Å². The highest BCUT2D eigenvalue weighted by atomic mass is 32.1. The zero-order chi connectivity index (χ0) is 12.3. The molecule has 0 fully saturated rings. The summed E-state index contributed by atoms with van der Waals surface area (Å²) in [5, 5.41) is 11.5. The molecule has 0 spiro atoms. The third-order valence-corrected chi connectivity index (χ3v) is 3.19. The van der Waals surface area contributed by atoms with Gasteiger partial charge in [-0.25, -0.2) is 0 Å². The fourth-order valence-electron chi connectivity index (χ4n) is 1.35. The Morgan fingerprint density at radius 1 is 1.53 bits per heavy atom. The Bertz CT molecular complexity index is 572. The Morgan fingerprint density at radius 3 is 3.00 bits per heavy atom. The smallest absolute Gasteiger partial charge is 0.277 e. The molecule has 0 radical (unpaired) electrons. The maximum absolute atomic E-state index is 12.1. The van der Waals surface area contributed by atoms with E-state index in [0.29, 0.717) is 5.56 Å². The minimum atomic E-state index is -0.218. The molecule has 2 aromatic heterocycles. The number of thiophene rings is 1. The Hall–Kier alpha value is -2.19. The number of aromatic nitrogens is 1. The van der Waals surface area contributed by atoms with Crippen molar-refractivity contribution < 1.29 is 4.79 Å². The number of carbonyl (C=O) groups is 1. The van der Waals surface area contributed by atoms with E-state index < -0.39 is 0 Å². The van der Waals surface area contributed by atoms with Crippen LogP contribution >= 0.6 is 11.3 Å². The van der Waals surface area contributed by atoms with Gasteiger partial charge in [0.2, 0.25) is 0 Å². The number of rotatable bonds is 2. The number of nitriles is 1. The Morgan fingerprint density at radius 2 is 2.35 bits per heavy atom. The molecule has 0 bridgehead atoms. The van der Waals surface area contributed by atoms with Crippen LogP contribution in [-0.2, 0) is 0 Å². The van der Waals surface area contributed by atoms with Crippen molar-refractivity contribution >= 4 is 22.2 Å². The Kier molecular flexibility index (Phi) is 3.17. The van der Waals surface area contributed by atoms with Crippen LogP contribution in [0.3, 0.4) is 0 Å². The summed E-state index contributed by atoms with van der Waals surface area (Å²) >= 11 is 1.48. The molecule has 0 aliphatic heterocycles. The lowest BCUT2D eigenvalue weighted by atomic mass is 10.2. The van der Waals surface area contributed by atoms with Crippen molar-refractivity contribution in [1.29, 1.82) is 5.26 Å². The highest BCUT2D eigenvalue weighted by Gasteiger charge is 2.15. The highest BCUT2D eigenvalue weighted by molar-refractivity contribution is 7.14. The van der Waals surface area contributed by atoms with E-state index in [1.807, 2.05) is 23.6 Å². The summed E-state index contributed by atoms with van der Waals surface area (Å²) in [6.45, 7) is 0. The van der Waals surface area contributed by atoms with Crippen molar-refractivity contribution in [3.05, 3.63) is 47.1 Å². The van der Waals surface area contributed by atoms with Crippen LogP contribution in [0.4, 0.5) is 5.00 Å². The molecule has 2 rings (SSSR count). The van der Waals surface area contributed by atoms with E-state index in [1.165, 1.54) is 28.5 Å². The molecular weight excluding hydrogens is 234 g/mol. The number of carbonyl (C=O) groups excluding carboxylic acids is 1. The van der Waals surface area contributed by atoms with Crippen molar-refractivity contribution in [2.24, 2.45) is 0 Å². The minimum Gasteiger partial charge on any atom is -0.301 e. The third-order valence-electron chi connectivity index (χ3n) is 2.25. The quantitative estimate of drug-likeness (QED) is 0.813. The van der Waals surface area contributed by atoms with Gasteiger partial charge in [0.15, 0.2) is 0 Å². The number of pyridine rings is 1. The largest absolute Gasteiger partial charge is 0.301 e. The third kappa shape index (κ3) is 2.32. The first-order valence-electron chi connectivity index (χ1n) is 4.90. The van der Waals surface area contributed by atoms with Crippen LogP contribution in [0.5, 0.6) is 0 Å². The van der Waals surface area contributed by atoms with Gasteiger partial charge in [-0.1, -0.05) is 0 Å². The molecule has 84 valence electrons. The highest BCUT2D eigenvalue weighted by Crippen LogP contribution is 2.21. The maximum Gasteiger partial charge on any atom is 0.277 e. The summed E-state index contributed by atoms with van der Waals surface area (Å²) in [5.41, 5.74) is 0.711. The standard InChI is InChI=1S/C12H9N3OS/c1-15(11-3-2-6-17-11)12(16)10-7-9(8-13)4-5-14-10/h2-7H,1H3. The van der Waals surface area contributed by atoms with Crippen LogP contribution < -0.4 is 4.90 Å². The van der Waals surface area contributed by atoms with Gasteiger partial charge >= 0.3 is 0 Å². The van der Waals surface area contributed by atoms with Gasteiger partial charge < -0.3 is 4.90 Å². The second-order valence-corrected chi connectivity index (χ2v) is 4.28. The van der Waals surface area contributed by atoms with Crippen molar-refractivity contribution in [1.82, 2.24) is 4.98 Å². The van der Waals surface area contributed by atoms with Crippen LogP contribution in [0.15, 0.2) is 35.8 Å². The number of amides is 1. The first-order chi connectivity index (χ1) is 8.22. The van der Waals surface area contributed by atoms with Gasteiger partial charge in [-0.15, -0.1) is 11.3 Å². The van der Waals surface area contributed by atoms with E-state index in [-0.39, 0.29) is 11.6 Å². The van der Waals surface area contributed by atoms with Gasteiger partial charge in [0.25, 0.3) is 5.91 Å². The molecule has 0 atom stereocenters. The molecular formula is C12H9N3OS. The van der Waals surface area contributed by atoms with Crippen LogP contribution in [0.1, 0.15) is 16.1 Å². The molecule has 0 unspecified atom stereocenters. The van der Waals surface area contributed by atoms with E-state index in [4.69, 9.17) is 5.26 Å². The molecule has 0 saturated carbocycles. The van der Waals surface area contributed by atoms with E-state index >= 15 is 0 Å². The molecule has 17 heavy (non-hydrogen) atoms. The molecule has 0 aliphatic carbocycles. The first-order valence-corrected chi connectivity index (χ1v) is 5.78.